The minimum Gasteiger partial charge on any atom is -0.465 e. The van der Waals surface area contributed by atoms with E-state index in [9.17, 15) is 4.79 Å². The molecule has 2 N–H and O–H groups in total. The van der Waals surface area contributed by atoms with E-state index < -0.39 is 10.5 Å². The minimum atomic E-state index is -1.01. The number of carbonyl (C=O) groups is 1. The predicted octanol–water partition coefficient (Wildman–Crippen LogP) is 2.60. The van der Waals surface area contributed by atoms with Crippen molar-refractivity contribution in [3.05, 3.63) is 0 Å². The molecule has 0 aliphatic rings. The Morgan fingerprint density at radius 3 is 2.09 bits per heavy atom. The maximum absolute atomic E-state index is 10.2. The van der Waals surface area contributed by atoms with Crippen molar-refractivity contribution < 1.29 is 9.90 Å². The lowest BCUT2D eigenvalue weighted by atomic mass is 10.1. The van der Waals surface area contributed by atoms with Gasteiger partial charge in [-0.05, 0) is 12.8 Å². The van der Waals surface area contributed by atoms with E-state index in [1.807, 2.05) is 13.8 Å². The van der Waals surface area contributed by atoms with Crippen LogP contribution in [0.1, 0.15) is 20.8 Å². The highest BCUT2D eigenvalue weighted by Crippen LogP contribution is 2.22. The van der Waals surface area contributed by atoms with Crippen molar-refractivity contribution in [2.45, 2.75) is 25.2 Å². The Hall–Kier alpha value is 0.230. The van der Waals surface area contributed by atoms with Crippen molar-refractivity contribution >= 4 is 39.0 Å². The molecule has 0 saturated heterocycles. The molecule has 68 valence electrons. The van der Waals surface area contributed by atoms with Crippen LogP contribution >= 0.6 is 32.9 Å². The molecule has 0 radical (unpaired) electrons. The summed E-state index contributed by atoms with van der Waals surface area (Å²) >= 11 is 3.25. The molecule has 0 heterocycles. The average Bonchev–Trinajstić information content (AvgIpc) is 1.60. The van der Waals surface area contributed by atoms with Crippen LogP contribution in [0.2, 0.25) is 0 Å². The summed E-state index contributed by atoms with van der Waals surface area (Å²) in [4.78, 5) is 10.2. The molecule has 0 rings (SSSR count). The van der Waals surface area contributed by atoms with E-state index in [1.54, 1.807) is 6.92 Å². The van der Waals surface area contributed by atoms with Crippen molar-refractivity contribution in [1.29, 1.82) is 0 Å². The van der Waals surface area contributed by atoms with Crippen molar-refractivity contribution in [2.75, 3.05) is 0 Å². The van der Waals surface area contributed by atoms with Crippen LogP contribution in [-0.2, 0) is 0 Å². The fourth-order valence-corrected chi connectivity index (χ4v) is 0.523. The monoisotopic (exact) mass is 289 g/mol. The summed E-state index contributed by atoms with van der Waals surface area (Å²) in [7, 11) is 0. The second-order valence-electron chi connectivity index (χ2n) is 2.66. The van der Waals surface area contributed by atoms with Gasteiger partial charge in [-0.15, -0.1) is 17.0 Å². The zero-order valence-electron chi connectivity index (χ0n) is 6.72. The van der Waals surface area contributed by atoms with Crippen molar-refractivity contribution in [1.82, 2.24) is 5.32 Å². The molecule has 11 heavy (non-hydrogen) atoms. The quantitative estimate of drug-likeness (QED) is 0.607. The van der Waals surface area contributed by atoms with Crippen molar-refractivity contribution in [3.63, 3.8) is 0 Å². The lowest BCUT2D eigenvalue weighted by Crippen LogP contribution is -2.43. The van der Waals surface area contributed by atoms with Crippen molar-refractivity contribution in [3.8, 4) is 0 Å². The van der Waals surface area contributed by atoms with Crippen LogP contribution in [0.5, 0.6) is 0 Å². The first-order valence-electron chi connectivity index (χ1n) is 3.06. The molecular formula is C6H13Br2NO2. The Kier molecular flexibility index (Phi) is 6.24. The van der Waals surface area contributed by atoms with Crippen LogP contribution in [0.3, 0.4) is 0 Å². The summed E-state index contributed by atoms with van der Waals surface area (Å²) in [5, 5.41) is 10.7. The van der Waals surface area contributed by atoms with E-state index in [-0.39, 0.29) is 22.9 Å². The third-order valence-electron chi connectivity index (χ3n) is 1.44. The van der Waals surface area contributed by atoms with E-state index in [1.165, 1.54) is 0 Å². The number of rotatable bonds is 2. The molecule has 0 aromatic rings. The summed E-state index contributed by atoms with van der Waals surface area (Å²) in [5.74, 6) is 0.226. The normalized spacial score (nSPS) is 15.0. The van der Waals surface area contributed by atoms with Crippen LogP contribution < -0.4 is 5.32 Å². The highest BCUT2D eigenvalue weighted by atomic mass is 79.9. The Balaban J connectivity index is 0. The molecule has 0 aromatic carbocycles. The molecule has 1 unspecified atom stereocenters. The highest BCUT2D eigenvalue weighted by Gasteiger charge is 2.25. The number of amides is 1. The molecule has 0 bridgehead atoms. The summed E-state index contributed by atoms with van der Waals surface area (Å²) in [6.07, 6.45) is -1.01. The van der Waals surface area contributed by atoms with Gasteiger partial charge in [-0.2, -0.15) is 0 Å². The summed E-state index contributed by atoms with van der Waals surface area (Å²) in [5.41, 5.74) is 0. The average molecular weight is 291 g/mol. The molecule has 1 amide bonds. The molecule has 3 nitrogen and oxygen atoms in total. The third kappa shape index (κ3) is 5.49. The second kappa shape index (κ2) is 4.98. The topological polar surface area (TPSA) is 49.3 Å². The van der Waals surface area contributed by atoms with E-state index in [2.05, 4.69) is 21.2 Å². The van der Waals surface area contributed by atoms with Gasteiger partial charge in [0.25, 0.3) is 0 Å². The summed E-state index contributed by atoms with van der Waals surface area (Å²) in [6, 6.07) is 0. The SMILES string of the molecule is Br.CC(C)C(C)(Br)NC(=O)O. The maximum atomic E-state index is 10.2. The Morgan fingerprint density at radius 1 is 1.64 bits per heavy atom. The van der Waals surface area contributed by atoms with Gasteiger partial charge in [-0.25, -0.2) is 4.79 Å². The number of nitrogens with one attached hydrogen (secondary N) is 1. The summed E-state index contributed by atoms with van der Waals surface area (Å²) < 4.78 is -0.515. The molecule has 1 atom stereocenters. The Morgan fingerprint density at radius 2 is 2.00 bits per heavy atom. The maximum Gasteiger partial charge on any atom is 0.405 e. The molecule has 0 aromatic heterocycles. The fraction of sp³-hybridized carbons (Fsp3) is 0.833. The first-order chi connectivity index (χ1) is 4.36. The molecule has 0 aliphatic carbocycles. The van der Waals surface area contributed by atoms with Crippen LogP contribution in [0.15, 0.2) is 0 Å². The third-order valence-corrected chi connectivity index (χ3v) is 2.55. The molecule has 0 aliphatic heterocycles. The van der Waals surface area contributed by atoms with Gasteiger partial charge in [0.05, 0.1) is 4.45 Å². The first kappa shape index (κ1) is 13.8. The lowest BCUT2D eigenvalue weighted by Gasteiger charge is -2.26. The number of hydrogen-bond donors (Lipinski definition) is 2. The van der Waals surface area contributed by atoms with Gasteiger partial charge in [0.2, 0.25) is 0 Å². The second-order valence-corrected chi connectivity index (χ2v) is 4.31. The number of hydrogen-bond acceptors (Lipinski definition) is 1. The standard InChI is InChI=1S/C6H12BrNO2.BrH/c1-4(2)6(3,7)8-5(9)10;/h4,8H,1-3H3,(H,9,10);1H. The van der Waals surface area contributed by atoms with E-state index in [0.29, 0.717) is 0 Å². The van der Waals surface area contributed by atoms with E-state index in [4.69, 9.17) is 5.11 Å². The first-order valence-corrected chi connectivity index (χ1v) is 3.85. The smallest absolute Gasteiger partial charge is 0.405 e. The Bertz CT molecular complexity index is 137. The van der Waals surface area contributed by atoms with Gasteiger partial charge in [0.1, 0.15) is 0 Å². The van der Waals surface area contributed by atoms with Gasteiger partial charge < -0.3 is 10.4 Å². The fourth-order valence-electron chi connectivity index (χ4n) is 0.353. The van der Waals surface area contributed by atoms with Crippen LogP contribution in [-0.4, -0.2) is 15.6 Å². The van der Waals surface area contributed by atoms with E-state index >= 15 is 0 Å². The number of alkyl halides is 1. The van der Waals surface area contributed by atoms with E-state index in [0.717, 1.165) is 0 Å². The summed E-state index contributed by atoms with van der Waals surface area (Å²) in [6.45, 7) is 5.65. The molecular weight excluding hydrogens is 278 g/mol. The van der Waals surface area contributed by atoms with Gasteiger partial charge >= 0.3 is 6.09 Å². The van der Waals surface area contributed by atoms with Crippen LogP contribution in [0.4, 0.5) is 4.79 Å². The van der Waals surface area contributed by atoms with Crippen LogP contribution in [0, 0.1) is 5.92 Å². The minimum absolute atomic E-state index is 0. The zero-order chi connectivity index (χ0) is 8.36. The number of carboxylic acid groups (broad SMARTS) is 1. The van der Waals surface area contributed by atoms with Crippen molar-refractivity contribution in [2.24, 2.45) is 5.92 Å². The largest absolute Gasteiger partial charge is 0.465 e. The molecule has 5 heteroatoms. The molecule has 0 saturated carbocycles. The zero-order valence-corrected chi connectivity index (χ0v) is 10.0. The van der Waals surface area contributed by atoms with Gasteiger partial charge in [0.15, 0.2) is 0 Å². The van der Waals surface area contributed by atoms with Gasteiger partial charge in [-0.3, -0.25) is 0 Å². The van der Waals surface area contributed by atoms with Crippen LogP contribution in [0.25, 0.3) is 0 Å². The Labute approximate surface area is 85.4 Å². The van der Waals surface area contributed by atoms with Gasteiger partial charge in [-0.1, -0.05) is 29.8 Å². The van der Waals surface area contributed by atoms with Gasteiger partial charge in [0, 0.05) is 0 Å². The lowest BCUT2D eigenvalue weighted by molar-refractivity contribution is 0.185. The highest BCUT2D eigenvalue weighted by molar-refractivity contribution is 9.10. The molecule has 0 spiro atoms. The predicted molar refractivity (Wildman–Crippen MR) is 53.7 cm³/mol. The number of halogens is 2. The molecule has 0 fully saturated rings.